The molecule has 2 heteroatoms. The van der Waals surface area contributed by atoms with Crippen molar-refractivity contribution in [2.24, 2.45) is 0 Å². The lowest BCUT2D eigenvalue weighted by atomic mass is 10.0. The first-order valence-electron chi connectivity index (χ1n) is 10.0. The second-order valence-corrected chi connectivity index (χ2v) is 7.00. The summed E-state index contributed by atoms with van der Waals surface area (Å²) in [6.07, 6.45) is 12.2. The molecule has 1 aromatic rings. The maximum absolute atomic E-state index is 5.92. The third kappa shape index (κ3) is 9.97. The van der Waals surface area contributed by atoms with Gasteiger partial charge in [-0.25, -0.2) is 0 Å². The second kappa shape index (κ2) is 13.3. The molecule has 0 saturated carbocycles. The van der Waals surface area contributed by atoms with Crippen LogP contribution >= 0.6 is 0 Å². The van der Waals surface area contributed by atoms with E-state index in [4.69, 9.17) is 9.47 Å². The molecule has 0 spiro atoms. The number of hydrogen-bond acceptors (Lipinski definition) is 2. The summed E-state index contributed by atoms with van der Waals surface area (Å²) in [6.45, 7) is 9.22. The summed E-state index contributed by atoms with van der Waals surface area (Å²) in [4.78, 5) is 0. The number of ether oxygens (including phenoxy) is 2. The molecule has 0 aliphatic heterocycles. The summed E-state index contributed by atoms with van der Waals surface area (Å²) in [7, 11) is 0. The predicted molar refractivity (Wildman–Crippen MR) is 104 cm³/mol. The molecule has 2 nitrogen and oxygen atoms in total. The highest BCUT2D eigenvalue weighted by molar-refractivity contribution is 5.27. The molecule has 0 radical (unpaired) electrons. The number of hydrogen-bond donors (Lipinski definition) is 0. The zero-order chi connectivity index (χ0) is 17.6. The third-order valence-electron chi connectivity index (χ3n) is 4.52. The van der Waals surface area contributed by atoms with Gasteiger partial charge in [-0.15, -0.1) is 0 Å². The van der Waals surface area contributed by atoms with Crippen molar-refractivity contribution in [3.8, 4) is 5.75 Å². The predicted octanol–water partition coefficient (Wildman–Crippen LogP) is 6.56. The van der Waals surface area contributed by atoms with Gasteiger partial charge < -0.3 is 9.47 Å². The van der Waals surface area contributed by atoms with Gasteiger partial charge in [0.2, 0.25) is 0 Å². The normalized spacial score (nSPS) is 13.7. The zero-order valence-corrected chi connectivity index (χ0v) is 16.4. The Hall–Kier alpha value is -1.02. The van der Waals surface area contributed by atoms with Gasteiger partial charge in [-0.3, -0.25) is 0 Å². The van der Waals surface area contributed by atoms with E-state index in [1.54, 1.807) is 0 Å². The van der Waals surface area contributed by atoms with Crippen LogP contribution in [0.25, 0.3) is 0 Å². The first kappa shape index (κ1) is 21.0. The van der Waals surface area contributed by atoms with Gasteiger partial charge in [-0.1, -0.05) is 64.5 Å². The summed E-state index contributed by atoms with van der Waals surface area (Å²) in [5.41, 5.74) is 1.42. The van der Waals surface area contributed by atoms with Crippen molar-refractivity contribution in [1.82, 2.24) is 0 Å². The van der Waals surface area contributed by atoms with Crippen LogP contribution in [-0.4, -0.2) is 18.8 Å². The standard InChI is InChI=1S/C22H38O2/c1-5-7-8-9-10-11-12-13-21-14-16-22(17-15-21)24-20(4)18-23-19(3)6-2/h14-17,19-20H,5-13,18H2,1-4H3. The van der Waals surface area contributed by atoms with Gasteiger partial charge in [0, 0.05) is 0 Å². The van der Waals surface area contributed by atoms with Crippen molar-refractivity contribution in [1.29, 1.82) is 0 Å². The highest BCUT2D eigenvalue weighted by Crippen LogP contribution is 2.16. The molecule has 0 heterocycles. The largest absolute Gasteiger partial charge is 0.488 e. The molecular formula is C22H38O2. The molecule has 0 aliphatic rings. The number of rotatable bonds is 14. The highest BCUT2D eigenvalue weighted by Gasteiger charge is 2.07. The second-order valence-electron chi connectivity index (χ2n) is 7.00. The third-order valence-corrected chi connectivity index (χ3v) is 4.52. The van der Waals surface area contributed by atoms with Gasteiger partial charge in [0.25, 0.3) is 0 Å². The lowest BCUT2D eigenvalue weighted by molar-refractivity contribution is 0.0131. The molecule has 0 bridgehead atoms. The van der Waals surface area contributed by atoms with Crippen LogP contribution in [0.1, 0.15) is 84.6 Å². The van der Waals surface area contributed by atoms with E-state index in [2.05, 4.69) is 52.0 Å². The van der Waals surface area contributed by atoms with Gasteiger partial charge in [0.1, 0.15) is 11.9 Å². The van der Waals surface area contributed by atoms with Crippen molar-refractivity contribution in [2.75, 3.05) is 6.61 Å². The molecule has 1 rings (SSSR count). The van der Waals surface area contributed by atoms with Crippen molar-refractivity contribution in [2.45, 2.75) is 97.7 Å². The molecule has 0 N–H and O–H groups in total. The molecule has 0 aromatic heterocycles. The Labute approximate surface area is 149 Å². The van der Waals surface area contributed by atoms with E-state index >= 15 is 0 Å². The molecule has 2 atom stereocenters. The van der Waals surface area contributed by atoms with Crippen molar-refractivity contribution < 1.29 is 9.47 Å². The van der Waals surface area contributed by atoms with Gasteiger partial charge in [-0.05, 0) is 50.8 Å². The van der Waals surface area contributed by atoms with Crippen LogP contribution in [0.5, 0.6) is 5.75 Å². The topological polar surface area (TPSA) is 18.5 Å². The van der Waals surface area contributed by atoms with Crippen LogP contribution in [-0.2, 0) is 11.2 Å². The lowest BCUT2D eigenvalue weighted by Gasteiger charge is -2.18. The summed E-state index contributed by atoms with van der Waals surface area (Å²) in [5, 5.41) is 0. The SMILES string of the molecule is CCCCCCCCCc1ccc(OC(C)COC(C)CC)cc1. The van der Waals surface area contributed by atoms with Crippen molar-refractivity contribution in [3.05, 3.63) is 29.8 Å². The quantitative estimate of drug-likeness (QED) is 0.359. The summed E-state index contributed by atoms with van der Waals surface area (Å²) in [6, 6.07) is 8.59. The van der Waals surface area contributed by atoms with Crippen LogP contribution in [0.15, 0.2) is 24.3 Å². The Morgan fingerprint density at radius 2 is 1.42 bits per heavy atom. The van der Waals surface area contributed by atoms with Crippen molar-refractivity contribution in [3.63, 3.8) is 0 Å². The minimum Gasteiger partial charge on any atom is -0.488 e. The molecule has 24 heavy (non-hydrogen) atoms. The molecule has 0 fully saturated rings. The van der Waals surface area contributed by atoms with E-state index in [1.165, 1.54) is 56.9 Å². The maximum Gasteiger partial charge on any atom is 0.119 e. The Morgan fingerprint density at radius 3 is 2.04 bits per heavy atom. The fourth-order valence-corrected chi connectivity index (χ4v) is 2.70. The van der Waals surface area contributed by atoms with E-state index in [-0.39, 0.29) is 6.10 Å². The maximum atomic E-state index is 5.92. The smallest absolute Gasteiger partial charge is 0.119 e. The van der Waals surface area contributed by atoms with E-state index in [1.807, 2.05) is 0 Å². The van der Waals surface area contributed by atoms with E-state index in [0.29, 0.717) is 12.7 Å². The minimum atomic E-state index is 0.0907. The number of benzene rings is 1. The van der Waals surface area contributed by atoms with Crippen molar-refractivity contribution >= 4 is 0 Å². The fourth-order valence-electron chi connectivity index (χ4n) is 2.70. The lowest BCUT2D eigenvalue weighted by Crippen LogP contribution is -2.22. The molecule has 0 aliphatic carbocycles. The fraction of sp³-hybridized carbons (Fsp3) is 0.727. The molecule has 138 valence electrons. The molecule has 0 saturated heterocycles. The number of aryl methyl sites for hydroxylation is 1. The van der Waals surface area contributed by atoms with Gasteiger partial charge in [-0.2, -0.15) is 0 Å². The first-order chi connectivity index (χ1) is 11.7. The van der Waals surface area contributed by atoms with Crippen LogP contribution in [0, 0.1) is 0 Å². The number of unbranched alkanes of at least 4 members (excludes halogenated alkanes) is 6. The highest BCUT2D eigenvalue weighted by atomic mass is 16.5. The van der Waals surface area contributed by atoms with Crippen LogP contribution in [0.3, 0.4) is 0 Å². The Bertz CT molecular complexity index is 399. The van der Waals surface area contributed by atoms with Gasteiger partial charge >= 0.3 is 0 Å². The molecule has 2 unspecified atom stereocenters. The average Bonchev–Trinajstić information content (AvgIpc) is 2.60. The summed E-state index contributed by atoms with van der Waals surface area (Å²) >= 11 is 0. The van der Waals surface area contributed by atoms with Gasteiger partial charge in [0.05, 0.1) is 12.7 Å². The van der Waals surface area contributed by atoms with Crippen LogP contribution in [0.2, 0.25) is 0 Å². The summed E-state index contributed by atoms with van der Waals surface area (Å²) < 4.78 is 11.6. The Morgan fingerprint density at radius 1 is 0.792 bits per heavy atom. The minimum absolute atomic E-state index is 0.0907. The Balaban J connectivity index is 2.18. The van der Waals surface area contributed by atoms with E-state index < -0.39 is 0 Å². The van der Waals surface area contributed by atoms with E-state index in [9.17, 15) is 0 Å². The van der Waals surface area contributed by atoms with Gasteiger partial charge in [0.15, 0.2) is 0 Å². The van der Waals surface area contributed by atoms with Crippen LogP contribution in [0.4, 0.5) is 0 Å². The molecule has 1 aromatic carbocycles. The molecule has 0 amide bonds. The first-order valence-corrected chi connectivity index (χ1v) is 10.0. The summed E-state index contributed by atoms with van der Waals surface area (Å²) in [5.74, 6) is 0.943. The monoisotopic (exact) mass is 334 g/mol. The molecular weight excluding hydrogens is 296 g/mol. The zero-order valence-electron chi connectivity index (χ0n) is 16.4. The van der Waals surface area contributed by atoms with Crippen LogP contribution < -0.4 is 4.74 Å². The van der Waals surface area contributed by atoms with E-state index in [0.717, 1.165) is 12.2 Å². The average molecular weight is 335 g/mol. The Kier molecular flexibility index (Phi) is 11.6.